The SMILES string of the molecule is NC(=O)COCCNc1ncccc1C(N)=O. The molecule has 5 N–H and O–H groups in total. The zero-order valence-electron chi connectivity index (χ0n) is 9.18. The van der Waals surface area contributed by atoms with E-state index >= 15 is 0 Å². The number of hydrogen-bond acceptors (Lipinski definition) is 5. The molecule has 2 amide bonds. The Hall–Kier alpha value is -2.15. The summed E-state index contributed by atoms with van der Waals surface area (Å²) in [6.45, 7) is 0.537. The monoisotopic (exact) mass is 238 g/mol. The lowest BCUT2D eigenvalue weighted by Gasteiger charge is -2.08. The number of amides is 2. The molecule has 0 unspecified atom stereocenters. The van der Waals surface area contributed by atoms with E-state index in [-0.39, 0.29) is 13.2 Å². The second-order valence-electron chi connectivity index (χ2n) is 3.21. The molecule has 7 heteroatoms. The van der Waals surface area contributed by atoms with Gasteiger partial charge in [0.1, 0.15) is 12.4 Å². The van der Waals surface area contributed by atoms with E-state index in [1.165, 1.54) is 0 Å². The maximum absolute atomic E-state index is 11.0. The van der Waals surface area contributed by atoms with Crippen LogP contribution in [0.25, 0.3) is 0 Å². The van der Waals surface area contributed by atoms with Crippen LogP contribution in [0.5, 0.6) is 0 Å². The summed E-state index contributed by atoms with van der Waals surface area (Å²) in [7, 11) is 0. The largest absolute Gasteiger partial charge is 0.370 e. The van der Waals surface area contributed by atoms with Gasteiger partial charge in [-0.3, -0.25) is 9.59 Å². The van der Waals surface area contributed by atoms with Gasteiger partial charge in [0, 0.05) is 12.7 Å². The molecule has 1 rings (SSSR count). The van der Waals surface area contributed by atoms with Gasteiger partial charge in [-0.15, -0.1) is 0 Å². The van der Waals surface area contributed by atoms with E-state index in [0.717, 1.165) is 0 Å². The minimum Gasteiger partial charge on any atom is -0.370 e. The maximum Gasteiger partial charge on any atom is 0.252 e. The molecule has 0 aromatic carbocycles. The topological polar surface area (TPSA) is 120 Å². The molecule has 92 valence electrons. The molecule has 0 aliphatic heterocycles. The molecule has 17 heavy (non-hydrogen) atoms. The Balaban J connectivity index is 2.41. The molecule has 0 atom stereocenters. The zero-order valence-corrected chi connectivity index (χ0v) is 9.18. The van der Waals surface area contributed by atoms with Crippen molar-refractivity contribution in [1.82, 2.24) is 4.98 Å². The van der Waals surface area contributed by atoms with Crippen molar-refractivity contribution in [3.63, 3.8) is 0 Å². The predicted molar refractivity (Wildman–Crippen MR) is 61.3 cm³/mol. The molecule has 0 saturated carbocycles. The van der Waals surface area contributed by atoms with Crippen LogP contribution in [-0.2, 0) is 9.53 Å². The minimum absolute atomic E-state index is 0.132. The number of pyridine rings is 1. The molecule has 0 spiro atoms. The van der Waals surface area contributed by atoms with Crippen LogP contribution >= 0.6 is 0 Å². The number of ether oxygens (including phenoxy) is 1. The van der Waals surface area contributed by atoms with Crippen molar-refractivity contribution in [2.75, 3.05) is 25.1 Å². The van der Waals surface area contributed by atoms with Gasteiger partial charge in [0.05, 0.1) is 12.2 Å². The van der Waals surface area contributed by atoms with Gasteiger partial charge in [-0.05, 0) is 12.1 Å². The van der Waals surface area contributed by atoms with Crippen LogP contribution in [0.2, 0.25) is 0 Å². The van der Waals surface area contributed by atoms with Gasteiger partial charge in [0.2, 0.25) is 5.91 Å². The highest BCUT2D eigenvalue weighted by molar-refractivity contribution is 5.97. The van der Waals surface area contributed by atoms with E-state index < -0.39 is 11.8 Å². The molecule has 7 nitrogen and oxygen atoms in total. The molecule has 0 radical (unpaired) electrons. The van der Waals surface area contributed by atoms with Gasteiger partial charge in [-0.2, -0.15) is 0 Å². The quantitative estimate of drug-likeness (QED) is 0.531. The van der Waals surface area contributed by atoms with E-state index in [2.05, 4.69) is 10.3 Å². The first-order valence-electron chi connectivity index (χ1n) is 4.96. The highest BCUT2D eigenvalue weighted by Gasteiger charge is 2.07. The summed E-state index contributed by atoms with van der Waals surface area (Å²) in [6, 6.07) is 3.19. The highest BCUT2D eigenvalue weighted by Crippen LogP contribution is 2.09. The lowest BCUT2D eigenvalue weighted by molar-refractivity contribution is -0.122. The van der Waals surface area contributed by atoms with E-state index in [1.54, 1.807) is 18.3 Å². The Kier molecular flexibility index (Phi) is 4.89. The number of carbonyl (C=O) groups excluding carboxylic acids is 2. The number of primary amides is 2. The molecule has 0 fully saturated rings. The van der Waals surface area contributed by atoms with Crippen molar-refractivity contribution >= 4 is 17.6 Å². The predicted octanol–water partition coefficient (Wildman–Crippen LogP) is -0.906. The summed E-state index contributed by atoms with van der Waals surface area (Å²) >= 11 is 0. The maximum atomic E-state index is 11.0. The molecule has 0 saturated heterocycles. The fraction of sp³-hybridized carbons (Fsp3) is 0.300. The second kappa shape index (κ2) is 6.44. The van der Waals surface area contributed by atoms with Gasteiger partial charge >= 0.3 is 0 Å². The number of hydrogen-bond donors (Lipinski definition) is 3. The van der Waals surface area contributed by atoms with Crippen LogP contribution in [0, 0.1) is 0 Å². The standard InChI is InChI=1S/C10H14N4O3/c11-8(15)6-17-5-4-14-10-7(9(12)16)2-1-3-13-10/h1-3H,4-6H2,(H2,11,15)(H2,12,16)(H,13,14). The summed E-state index contributed by atoms with van der Waals surface area (Å²) in [5, 5.41) is 2.88. The van der Waals surface area contributed by atoms with E-state index in [9.17, 15) is 9.59 Å². The molecule has 0 aliphatic carbocycles. The van der Waals surface area contributed by atoms with Gasteiger partial charge in [-0.1, -0.05) is 0 Å². The zero-order chi connectivity index (χ0) is 12.7. The summed E-state index contributed by atoms with van der Waals surface area (Å²) in [5.41, 5.74) is 10.4. The lowest BCUT2D eigenvalue weighted by atomic mass is 10.2. The fourth-order valence-electron chi connectivity index (χ4n) is 1.16. The Morgan fingerprint density at radius 1 is 1.41 bits per heavy atom. The Morgan fingerprint density at radius 3 is 2.82 bits per heavy atom. The summed E-state index contributed by atoms with van der Waals surface area (Å²) in [5.74, 6) is -0.693. The van der Waals surface area contributed by atoms with Crippen LogP contribution < -0.4 is 16.8 Å². The number of anilines is 1. The van der Waals surface area contributed by atoms with Crippen molar-refractivity contribution < 1.29 is 14.3 Å². The van der Waals surface area contributed by atoms with Gasteiger partial charge in [-0.25, -0.2) is 4.98 Å². The average molecular weight is 238 g/mol. The van der Waals surface area contributed by atoms with E-state index in [0.29, 0.717) is 17.9 Å². The fourth-order valence-corrected chi connectivity index (χ4v) is 1.16. The van der Waals surface area contributed by atoms with Crippen molar-refractivity contribution in [3.05, 3.63) is 23.9 Å². The number of carbonyl (C=O) groups is 2. The van der Waals surface area contributed by atoms with Gasteiger partial charge in [0.25, 0.3) is 5.91 Å². The van der Waals surface area contributed by atoms with Crippen molar-refractivity contribution in [1.29, 1.82) is 0 Å². The molecule has 0 aliphatic rings. The third kappa shape index (κ3) is 4.47. The molecular formula is C10H14N4O3. The van der Waals surface area contributed by atoms with Gasteiger partial charge < -0.3 is 21.5 Å². The molecule has 0 bridgehead atoms. The van der Waals surface area contributed by atoms with Crippen molar-refractivity contribution in [3.8, 4) is 0 Å². The summed E-state index contributed by atoms with van der Waals surface area (Å²) in [4.78, 5) is 25.4. The lowest BCUT2D eigenvalue weighted by Crippen LogP contribution is -2.21. The van der Waals surface area contributed by atoms with E-state index in [4.69, 9.17) is 16.2 Å². The third-order valence-electron chi connectivity index (χ3n) is 1.86. The van der Waals surface area contributed by atoms with Crippen LogP contribution in [0.1, 0.15) is 10.4 Å². The first-order chi connectivity index (χ1) is 8.11. The molecule has 1 heterocycles. The average Bonchev–Trinajstić information content (AvgIpc) is 2.28. The smallest absolute Gasteiger partial charge is 0.252 e. The molecule has 1 aromatic heterocycles. The highest BCUT2D eigenvalue weighted by atomic mass is 16.5. The van der Waals surface area contributed by atoms with E-state index in [1.807, 2.05) is 0 Å². The second-order valence-corrected chi connectivity index (χ2v) is 3.21. The van der Waals surface area contributed by atoms with Crippen LogP contribution in [-0.4, -0.2) is 36.6 Å². The number of nitrogens with zero attached hydrogens (tertiary/aromatic N) is 1. The summed E-state index contributed by atoms with van der Waals surface area (Å²) < 4.78 is 4.94. The van der Waals surface area contributed by atoms with Gasteiger partial charge in [0.15, 0.2) is 0 Å². The molecular weight excluding hydrogens is 224 g/mol. The van der Waals surface area contributed by atoms with Crippen LogP contribution in [0.4, 0.5) is 5.82 Å². The normalized spacial score (nSPS) is 9.88. The third-order valence-corrected chi connectivity index (χ3v) is 1.86. The number of nitrogens with two attached hydrogens (primary N) is 2. The number of aromatic nitrogens is 1. The first kappa shape index (κ1) is 12.9. The van der Waals surface area contributed by atoms with Crippen molar-refractivity contribution in [2.45, 2.75) is 0 Å². The Morgan fingerprint density at radius 2 is 2.18 bits per heavy atom. The Bertz CT molecular complexity index is 408. The Labute approximate surface area is 98.1 Å². The number of nitrogens with one attached hydrogen (secondary N) is 1. The van der Waals surface area contributed by atoms with Crippen LogP contribution in [0.3, 0.4) is 0 Å². The van der Waals surface area contributed by atoms with Crippen LogP contribution in [0.15, 0.2) is 18.3 Å². The first-order valence-corrected chi connectivity index (χ1v) is 4.96. The summed E-state index contributed by atoms with van der Waals surface area (Å²) in [6.07, 6.45) is 1.54. The molecule has 1 aromatic rings. The van der Waals surface area contributed by atoms with Crippen molar-refractivity contribution in [2.24, 2.45) is 11.5 Å². The number of rotatable bonds is 7. The minimum atomic E-state index is -0.557.